The van der Waals surface area contributed by atoms with Gasteiger partial charge in [0.05, 0.1) is 24.9 Å². The first-order valence-electron chi connectivity index (χ1n) is 11.3. The number of carbonyl (C=O) groups excluding carboxylic acids is 2. The van der Waals surface area contributed by atoms with Gasteiger partial charge in [-0.1, -0.05) is 18.2 Å². The highest BCUT2D eigenvalue weighted by Crippen LogP contribution is 2.37. The van der Waals surface area contributed by atoms with Crippen LogP contribution in [0.3, 0.4) is 0 Å². The van der Waals surface area contributed by atoms with Crippen LogP contribution in [0.15, 0.2) is 48.7 Å². The molecule has 2 heterocycles. The number of hydrogen-bond donors (Lipinski definition) is 1. The van der Waals surface area contributed by atoms with E-state index in [2.05, 4.69) is 23.3 Å². The van der Waals surface area contributed by atoms with Gasteiger partial charge in [0.2, 0.25) is 0 Å². The SMILES string of the molecule is COCCn1ncc2cc(-c3ccc(C(=O)N4CCN(C(=O)C5(O)CC5)CC4)cc3)ccc21. The summed E-state index contributed by atoms with van der Waals surface area (Å²) >= 11 is 0. The highest BCUT2D eigenvalue weighted by Gasteiger charge is 2.50. The van der Waals surface area contributed by atoms with Crippen molar-refractivity contribution in [3.05, 3.63) is 54.2 Å². The van der Waals surface area contributed by atoms with Crippen LogP contribution in [0.1, 0.15) is 23.2 Å². The number of nitrogens with zero attached hydrogens (tertiary/aromatic N) is 4. The van der Waals surface area contributed by atoms with E-state index in [1.54, 1.807) is 16.9 Å². The lowest BCUT2D eigenvalue weighted by Gasteiger charge is -2.35. The van der Waals surface area contributed by atoms with Crippen molar-refractivity contribution in [2.45, 2.75) is 25.0 Å². The maximum atomic E-state index is 12.9. The summed E-state index contributed by atoms with van der Waals surface area (Å²) in [5, 5.41) is 15.5. The van der Waals surface area contributed by atoms with Gasteiger partial charge < -0.3 is 19.6 Å². The molecule has 0 spiro atoms. The lowest BCUT2D eigenvalue weighted by molar-refractivity contribution is -0.143. The van der Waals surface area contributed by atoms with Crippen LogP contribution in [0.25, 0.3) is 22.0 Å². The average molecular weight is 449 g/mol. The number of benzene rings is 2. The fraction of sp³-hybridized carbons (Fsp3) is 0.400. The molecule has 2 aromatic carbocycles. The summed E-state index contributed by atoms with van der Waals surface area (Å²) in [6.45, 7) is 3.20. The van der Waals surface area contributed by atoms with Crippen molar-refractivity contribution >= 4 is 22.7 Å². The molecule has 2 fully saturated rings. The summed E-state index contributed by atoms with van der Waals surface area (Å²) in [6, 6.07) is 13.9. The second-order valence-corrected chi connectivity index (χ2v) is 8.83. The van der Waals surface area contributed by atoms with E-state index in [0.29, 0.717) is 57.7 Å². The number of hydrogen-bond acceptors (Lipinski definition) is 5. The van der Waals surface area contributed by atoms with Gasteiger partial charge in [-0.2, -0.15) is 5.10 Å². The van der Waals surface area contributed by atoms with Crippen LogP contribution >= 0.6 is 0 Å². The van der Waals surface area contributed by atoms with E-state index in [9.17, 15) is 14.7 Å². The first kappa shape index (κ1) is 21.6. The van der Waals surface area contributed by atoms with E-state index in [-0.39, 0.29) is 11.8 Å². The van der Waals surface area contributed by atoms with Gasteiger partial charge in [0.15, 0.2) is 0 Å². The normalized spacial score (nSPS) is 17.4. The maximum Gasteiger partial charge on any atom is 0.254 e. The Hall–Kier alpha value is -3.23. The molecule has 172 valence electrons. The highest BCUT2D eigenvalue weighted by atomic mass is 16.5. The fourth-order valence-corrected chi connectivity index (χ4v) is 4.35. The fourth-order valence-electron chi connectivity index (χ4n) is 4.35. The predicted octanol–water partition coefficient (Wildman–Crippen LogP) is 2.16. The molecule has 1 N–H and O–H groups in total. The zero-order chi connectivity index (χ0) is 23.0. The summed E-state index contributed by atoms with van der Waals surface area (Å²) in [5.41, 5.74) is 2.65. The lowest BCUT2D eigenvalue weighted by atomic mass is 10.0. The highest BCUT2D eigenvalue weighted by molar-refractivity contribution is 5.95. The number of piperazine rings is 1. The third kappa shape index (κ3) is 4.24. The molecule has 0 bridgehead atoms. The Morgan fingerprint density at radius 3 is 2.33 bits per heavy atom. The number of amides is 2. The van der Waals surface area contributed by atoms with E-state index in [1.807, 2.05) is 35.1 Å². The van der Waals surface area contributed by atoms with Crippen LogP contribution in [-0.4, -0.2) is 82.0 Å². The lowest BCUT2D eigenvalue weighted by Crippen LogP contribution is -2.53. The Labute approximate surface area is 192 Å². The monoisotopic (exact) mass is 448 g/mol. The van der Waals surface area contributed by atoms with Gasteiger partial charge in [0, 0.05) is 44.2 Å². The number of rotatable bonds is 6. The van der Waals surface area contributed by atoms with Crippen molar-refractivity contribution in [3.63, 3.8) is 0 Å². The zero-order valence-corrected chi connectivity index (χ0v) is 18.7. The van der Waals surface area contributed by atoms with Gasteiger partial charge in [-0.05, 0) is 48.2 Å². The Balaban J connectivity index is 1.24. The molecule has 1 aliphatic carbocycles. The molecule has 1 aromatic heterocycles. The molecular formula is C25H28N4O4. The summed E-state index contributed by atoms with van der Waals surface area (Å²) in [6.07, 6.45) is 2.94. The second kappa shape index (κ2) is 8.61. The summed E-state index contributed by atoms with van der Waals surface area (Å²) < 4.78 is 7.08. The number of ether oxygens (including phenoxy) is 1. The first-order valence-corrected chi connectivity index (χ1v) is 11.3. The largest absolute Gasteiger partial charge is 0.383 e. The quantitative estimate of drug-likeness (QED) is 0.624. The van der Waals surface area contributed by atoms with E-state index in [0.717, 1.165) is 22.0 Å². The molecule has 8 nitrogen and oxygen atoms in total. The molecule has 1 aliphatic heterocycles. The van der Waals surface area contributed by atoms with Gasteiger partial charge in [-0.3, -0.25) is 14.3 Å². The zero-order valence-electron chi connectivity index (χ0n) is 18.7. The topological polar surface area (TPSA) is 87.9 Å². The standard InChI is InChI=1S/C25H28N4O4/c1-33-15-14-29-22-7-6-20(16-21(22)17-26-29)18-2-4-19(5-3-18)23(30)27-10-12-28(13-11-27)24(31)25(32)8-9-25/h2-7,16-17,32H,8-15H2,1H3. The molecule has 0 atom stereocenters. The Morgan fingerprint density at radius 2 is 1.67 bits per heavy atom. The molecule has 1 saturated heterocycles. The number of aliphatic hydroxyl groups is 1. The van der Waals surface area contributed by atoms with Gasteiger partial charge in [-0.15, -0.1) is 0 Å². The second-order valence-electron chi connectivity index (χ2n) is 8.83. The average Bonchev–Trinajstić information content (AvgIpc) is 3.49. The molecule has 1 saturated carbocycles. The van der Waals surface area contributed by atoms with Gasteiger partial charge in [0.1, 0.15) is 5.60 Å². The van der Waals surface area contributed by atoms with Crippen molar-refractivity contribution in [1.29, 1.82) is 0 Å². The van der Waals surface area contributed by atoms with Crippen molar-refractivity contribution in [1.82, 2.24) is 19.6 Å². The van der Waals surface area contributed by atoms with Crippen LogP contribution < -0.4 is 0 Å². The third-order valence-electron chi connectivity index (χ3n) is 6.59. The first-order chi connectivity index (χ1) is 16.0. The molecule has 8 heteroatoms. The smallest absolute Gasteiger partial charge is 0.254 e. The van der Waals surface area contributed by atoms with Gasteiger partial charge in [-0.25, -0.2) is 0 Å². The van der Waals surface area contributed by atoms with Crippen LogP contribution in [-0.2, 0) is 16.1 Å². The van der Waals surface area contributed by atoms with E-state index in [4.69, 9.17) is 4.74 Å². The predicted molar refractivity (Wildman–Crippen MR) is 124 cm³/mol. The third-order valence-corrected chi connectivity index (χ3v) is 6.59. The molecule has 0 radical (unpaired) electrons. The van der Waals surface area contributed by atoms with Crippen molar-refractivity contribution < 1.29 is 19.4 Å². The minimum Gasteiger partial charge on any atom is -0.383 e. The van der Waals surface area contributed by atoms with Gasteiger partial charge >= 0.3 is 0 Å². The Bertz CT molecular complexity index is 1170. The molecular weight excluding hydrogens is 420 g/mol. The number of carbonyl (C=O) groups is 2. The van der Waals surface area contributed by atoms with E-state index >= 15 is 0 Å². The van der Waals surface area contributed by atoms with Crippen molar-refractivity contribution in [2.75, 3.05) is 39.9 Å². The summed E-state index contributed by atoms with van der Waals surface area (Å²) in [4.78, 5) is 28.7. The van der Waals surface area contributed by atoms with Gasteiger partial charge in [0.25, 0.3) is 11.8 Å². The van der Waals surface area contributed by atoms with Crippen LogP contribution in [0.4, 0.5) is 0 Å². The van der Waals surface area contributed by atoms with Crippen LogP contribution in [0.5, 0.6) is 0 Å². The number of methoxy groups -OCH3 is 1. The minimum absolute atomic E-state index is 0.0337. The maximum absolute atomic E-state index is 12.9. The molecule has 2 amide bonds. The van der Waals surface area contributed by atoms with E-state index < -0.39 is 5.60 Å². The summed E-state index contributed by atoms with van der Waals surface area (Å²) in [7, 11) is 1.68. The molecule has 5 rings (SSSR count). The molecule has 3 aromatic rings. The van der Waals surface area contributed by atoms with Crippen LogP contribution in [0, 0.1) is 0 Å². The van der Waals surface area contributed by atoms with E-state index in [1.165, 1.54) is 0 Å². The Kier molecular flexibility index (Phi) is 5.64. The Morgan fingerprint density at radius 1 is 1.00 bits per heavy atom. The summed E-state index contributed by atoms with van der Waals surface area (Å²) in [5.74, 6) is -0.228. The van der Waals surface area contributed by atoms with Crippen molar-refractivity contribution in [2.24, 2.45) is 0 Å². The van der Waals surface area contributed by atoms with Crippen molar-refractivity contribution in [3.8, 4) is 11.1 Å². The molecule has 33 heavy (non-hydrogen) atoms. The number of aromatic nitrogens is 2. The van der Waals surface area contributed by atoms with Crippen LogP contribution in [0.2, 0.25) is 0 Å². The molecule has 0 unspecified atom stereocenters. The molecule has 2 aliphatic rings. The minimum atomic E-state index is -1.15. The number of fused-ring (bicyclic) bond motifs is 1.